The summed E-state index contributed by atoms with van der Waals surface area (Å²) in [7, 11) is 0. The van der Waals surface area contributed by atoms with E-state index in [9.17, 15) is 18.0 Å². The molecule has 2 rings (SSSR count). The quantitative estimate of drug-likeness (QED) is 0.640. The van der Waals surface area contributed by atoms with E-state index in [-0.39, 0.29) is 43.6 Å². The van der Waals surface area contributed by atoms with E-state index in [1.807, 2.05) is 0 Å². The van der Waals surface area contributed by atoms with Gasteiger partial charge in [0.05, 0.1) is 25.6 Å². The van der Waals surface area contributed by atoms with E-state index in [2.05, 4.69) is 0 Å². The third-order valence-corrected chi connectivity index (χ3v) is 4.25. The smallest absolute Gasteiger partial charge is 0.233 e. The Bertz CT molecular complexity index is 530. The van der Waals surface area contributed by atoms with Gasteiger partial charge < -0.3 is 14.7 Å². The maximum Gasteiger partial charge on any atom is 0.233 e. The van der Waals surface area contributed by atoms with E-state index >= 15 is 0 Å². The Kier molecular flexibility index (Phi) is 5.49. The monoisotopic (exact) mass is 321 g/mol. The second-order valence-corrected chi connectivity index (χ2v) is 5.42. The van der Waals surface area contributed by atoms with Crippen molar-refractivity contribution in [2.24, 2.45) is 0 Å². The first-order valence-corrected chi connectivity index (χ1v) is 7.34. The largest absolute Gasteiger partial charge is 0.394 e. The van der Waals surface area contributed by atoms with Crippen LogP contribution in [0.4, 0.5) is 13.2 Å². The van der Waals surface area contributed by atoms with Gasteiger partial charge >= 0.3 is 0 Å². The highest BCUT2D eigenvalue weighted by Gasteiger charge is 2.35. The molecule has 1 N–H and O–H groups in total. The number of hydrogen-bond donors (Lipinski definition) is 1. The average molecular weight is 321 g/mol. The van der Waals surface area contributed by atoms with Crippen molar-refractivity contribution in [1.29, 1.82) is 0 Å². The zero-order chi connectivity index (χ0) is 15.4. The molecule has 1 amide bonds. The molecule has 8 heteroatoms. The normalized spacial score (nSPS) is 18.6. The lowest BCUT2D eigenvalue weighted by Gasteiger charge is -2.24. The SMILES string of the molecule is O=C1CSC(c2ccc(F)c(F)c2F)N1CCOCCO. The van der Waals surface area contributed by atoms with Crippen molar-refractivity contribution in [3.05, 3.63) is 35.1 Å². The molecule has 1 aromatic carbocycles. The molecule has 1 aromatic rings. The van der Waals surface area contributed by atoms with Crippen molar-refractivity contribution < 1.29 is 27.8 Å². The van der Waals surface area contributed by atoms with Gasteiger partial charge in [0.1, 0.15) is 5.37 Å². The van der Waals surface area contributed by atoms with Gasteiger partial charge in [0, 0.05) is 12.1 Å². The maximum absolute atomic E-state index is 13.8. The van der Waals surface area contributed by atoms with Gasteiger partial charge in [-0.25, -0.2) is 13.2 Å². The predicted octanol–water partition coefficient (Wildman–Crippen LogP) is 1.69. The van der Waals surface area contributed by atoms with Crippen LogP contribution < -0.4 is 0 Å². The molecule has 0 saturated carbocycles. The van der Waals surface area contributed by atoms with Crippen molar-refractivity contribution in [1.82, 2.24) is 4.90 Å². The Morgan fingerprint density at radius 2 is 2.05 bits per heavy atom. The molecule has 1 atom stereocenters. The van der Waals surface area contributed by atoms with Crippen LogP contribution in [0.25, 0.3) is 0 Å². The summed E-state index contributed by atoms with van der Waals surface area (Å²) in [5.74, 6) is -4.15. The third-order valence-electron chi connectivity index (χ3n) is 3.01. The van der Waals surface area contributed by atoms with Crippen LogP contribution in [0.3, 0.4) is 0 Å². The fraction of sp³-hybridized carbons (Fsp3) is 0.462. The molecule has 1 unspecified atom stereocenters. The van der Waals surface area contributed by atoms with Gasteiger partial charge in [0.15, 0.2) is 17.5 Å². The molecule has 116 valence electrons. The summed E-state index contributed by atoms with van der Waals surface area (Å²) in [4.78, 5) is 13.2. The molecule has 0 aromatic heterocycles. The number of carbonyl (C=O) groups is 1. The number of hydrogen-bond acceptors (Lipinski definition) is 4. The summed E-state index contributed by atoms with van der Waals surface area (Å²) in [5.41, 5.74) is -0.0630. The number of ether oxygens (including phenoxy) is 1. The molecule has 1 saturated heterocycles. The fourth-order valence-corrected chi connectivity index (χ4v) is 3.25. The summed E-state index contributed by atoms with van der Waals surface area (Å²) in [6.07, 6.45) is 0. The van der Waals surface area contributed by atoms with Crippen molar-refractivity contribution in [2.75, 3.05) is 32.1 Å². The van der Waals surface area contributed by atoms with Gasteiger partial charge in [-0.05, 0) is 6.07 Å². The van der Waals surface area contributed by atoms with Crippen LogP contribution in [0.5, 0.6) is 0 Å². The van der Waals surface area contributed by atoms with Crippen molar-refractivity contribution >= 4 is 17.7 Å². The first-order valence-electron chi connectivity index (χ1n) is 6.29. The molecular weight excluding hydrogens is 307 g/mol. The highest BCUT2D eigenvalue weighted by atomic mass is 32.2. The van der Waals surface area contributed by atoms with Gasteiger partial charge in [0.25, 0.3) is 0 Å². The highest BCUT2D eigenvalue weighted by Crippen LogP contribution is 2.40. The van der Waals surface area contributed by atoms with E-state index in [0.717, 1.165) is 23.9 Å². The van der Waals surface area contributed by atoms with Gasteiger partial charge in [-0.1, -0.05) is 6.07 Å². The van der Waals surface area contributed by atoms with E-state index in [1.165, 1.54) is 4.90 Å². The van der Waals surface area contributed by atoms with E-state index in [4.69, 9.17) is 9.84 Å². The van der Waals surface area contributed by atoms with E-state index in [0.29, 0.717) is 0 Å². The average Bonchev–Trinajstić information content (AvgIpc) is 2.83. The number of carbonyl (C=O) groups excluding carboxylic acids is 1. The summed E-state index contributed by atoms with van der Waals surface area (Å²) in [6.45, 7) is 0.368. The number of thioether (sulfide) groups is 1. The summed E-state index contributed by atoms with van der Waals surface area (Å²) in [6, 6.07) is 1.99. The van der Waals surface area contributed by atoms with Gasteiger partial charge in [-0.15, -0.1) is 11.8 Å². The van der Waals surface area contributed by atoms with Gasteiger partial charge in [-0.2, -0.15) is 0 Å². The second kappa shape index (κ2) is 7.15. The molecule has 0 bridgehead atoms. The molecule has 0 spiro atoms. The molecule has 4 nitrogen and oxygen atoms in total. The lowest BCUT2D eigenvalue weighted by atomic mass is 10.1. The fourth-order valence-electron chi connectivity index (χ4n) is 2.01. The lowest BCUT2D eigenvalue weighted by molar-refractivity contribution is -0.128. The van der Waals surface area contributed by atoms with Crippen LogP contribution in [0, 0.1) is 17.5 Å². The number of aliphatic hydroxyl groups is 1. The minimum Gasteiger partial charge on any atom is -0.394 e. The standard InChI is InChI=1S/C13H14F3NO3S/c14-9-2-1-8(11(15)12(9)16)13-17(10(19)7-21-13)3-5-20-6-4-18/h1-2,13,18H,3-7H2. The van der Waals surface area contributed by atoms with Crippen LogP contribution in [-0.4, -0.2) is 48.0 Å². The van der Waals surface area contributed by atoms with Crippen molar-refractivity contribution in [3.8, 4) is 0 Å². The molecule has 1 heterocycles. The maximum atomic E-state index is 13.8. The summed E-state index contributed by atoms with van der Waals surface area (Å²) < 4.78 is 45.2. The third kappa shape index (κ3) is 3.50. The lowest BCUT2D eigenvalue weighted by Crippen LogP contribution is -2.32. The highest BCUT2D eigenvalue weighted by molar-refractivity contribution is 8.00. The van der Waals surface area contributed by atoms with Crippen LogP contribution >= 0.6 is 11.8 Å². The molecule has 21 heavy (non-hydrogen) atoms. The zero-order valence-corrected chi connectivity index (χ0v) is 11.8. The summed E-state index contributed by atoms with van der Waals surface area (Å²) >= 11 is 1.15. The molecule has 1 aliphatic heterocycles. The number of amides is 1. The Morgan fingerprint density at radius 1 is 1.29 bits per heavy atom. The van der Waals surface area contributed by atoms with Crippen LogP contribution in [0.2, 0.25) is 0 Å². The Labute approximate surface area is 123 Å². The minimum atomic E-state index is -1.54. The van der Waals surface area contributed by atoms with Crippen molar-refractivity contribution in [2.45, 2.75) is 5.37 Å². The number of halogens is 3. The number of nitrogens with zero attached hydrogens (tertiary/aromatic N) is 1. The molecular formula is C13H14F3NO3S. The Morgan fingerprint density at radius 3 is 2.76 bits per heavy atom. The molecule has 1 aliphatic rings. The molecule has 0 aliphatic carbocycles. The number of aliphatic hydroxyl groups excluding tert-OH is 1. The van der Waals surface area contributed by atoms with E-state index in [1.54, 1.807) is 0 Å². The van der Waals surface area contributed by atoms with Crippen molar-refractivity contribution in [3.63, 3.8) is 0 Å². The summed E-state index contributed by atoms with van der Waals surface area (Å²) in [5, 5.41) is 7.89. The van der Waals surface area contributed by atoms with Gasteiger partial charge in [0.2, 0.25) is 5.91 Å². The van der Waals surface area contributed by atoms with Crippen LogP contribution in [0.1, 0.15) is 10.9 Å². The first kappa shape index (κ1) is 16.1. The molecule has 0 radical (unpaired) electrons. The van der Waals surface area contributed by atoms with Gasteiger partial charge in [-0.3, -0.25) is 4.79 Å². The minimum absolute atomic E-state index is 0.0630. The topological polar surface area (TPSA) is 49.8 Å². The number of rotatable bonds is 6. The predicted molar refractivity (Wildman–Crippen MR) is 71.1 cm³/mol. The Hall–Kier alpha value is -1.25. The second-order valence-electron chi connectivity index (χ2n) is 4.35. The van der Waals surface area contributed by atoms with Crippen LogP contribution in [-0.2, 0) is 9.53 Å². The Balaban J connectivity index is 2.14. The van der Waals surface area contributed by atoms with E-state index < -0.39 is 22.8 Å². The van der Waals surface area contributed by atoms with Crippen LogP contribution in [0.15, 0.2) is 12.1 Å². The zero-order valence-electron chi connectivity index (χ0n) is 11.0. The molecule has 1 fully saturated rings. The first-order chi connectivity index (χ1) is 10.1. The number of benzene rings is 1.